The topological polar surface area (TPSA) is 91.0 Å². The van der Waals surface area contributed by atoms with Gasteiger partial charge in [-0.05, 0) is 12.3 Å². The summed E-state index contributed by atoms with van der Waals surface area (Å²) in [7, 11) is 0. The van der Waals surface area contributed by atoms with E-state index in [0.29, 0.717) is 11.8 Å². The van der Waals surface area contributed by atoms with Crippen LogP contribution in [0.5, 0.6) is 0 Å². The number of nitrogen functional groups attached to an aromatic ring is 1. The van der Waals surface area contributed by atoms with Gasteiger partial charge in [0.25, 0.3) is 0 Å². The number of rotatable bonds is 3. The monoisotopic (exact) mass is 170 g/mol. The molecule has 0 aliphatic heterocycles. The van der Waals surface area contributed by atoms with Gasteiger partial charge in [0.2, 0.25) is 5.89 Å². The van der Waals surface area contributed by atoms with Crippen LogP contribution in [0.1, 0.15) is 32.2 Å². The molecular weight excluding hydrogens is 156 g/mol. The molecule has 0 radical (unpaired) electrons. The minimum atomic E-state index is -0.199. The van der Waals surface area contributed by atoms with Crippen molar-refractivity contribution in [3.8, 4) is 0 Å². The Labute approximate surface area is 71.1 Å². The Balaban J connectivity index is 2.58. The summed E-state index contributed by atoms with van der Waals surface area (Å²) in [6.45, 7) is 4.17. The maximum atomic E-state index is 5.76. The molecule has 4 N–H and O–H groups in total. The third-order valence-electron chi connectivity index (χ3n) is 1.50. The zero-order valence-corrected chi connectivity index (χ0v) is 7.32. The summed E-state index contributed by atoms with van der Waals surface area (Å²) in [6, 6.07) is -0.126. The van der Waals surface area contributed by atoms with Crippen molar-refractivity contribution in [2.75, 3.05) is 5.73 Å². The van der Waals surface area contributed by atoms with Crippen LogP contribution in [-0.4, -0.2) is 10.2 Å². The lowest BCUT2D eigenvalue weighted by molar-refractivity contribution is 0.410. The van der Waals surface area contributed by atoms with Crippen LogP contribution in [0.3, 0.4) is 0 Å². The van der Waals surface area contributed by atoms with Gasteiger partial charge in [-0.2, -0.15) is 0 Å². The fourth-order valence-electron chi connectivity index (χ4n) is 1.01. The van der Waals surface area contributed by atoms with Crippen molar-refractivity contribution in [2.45, 2.75) is 26.3 Å². The van der Waals surface area contributed by atoms with E-state index in [1.165, 1.54) is 0 Å². The predicted octanol–water partition coefficient (Wildman–Crippen LogP) is 0.698. The van der Waals surface area contributed by atoms with E-state index in [-0.39, 0.29) is 12.1 Å². The second-order valence-electron chi connectivity index (χ2n) is 3.21. The van der Waals surface area contributed by atoms with Gasteiger partial charge in [-0.3, -0.25) is 0 Å². The molecule has 0 fully saturated rings. The lowest BCUT2D eigenvalue weighted by atomic mass is 10.1. The molecule has 1 aromatic heterocycles. The molecule has 0 bridgehead atoms. The Morgan fingerprint density at radius 3 is 2.50 bits per heavy atom. The first-order valence-electron chi connectivity index (χ1n) is 3.94. The van der Waals surface area contributed by atoms with Crippen molar-refractivity contribution in [1.29, 1.82) is 0 Å². The fraction of sp³-hybridized carbons (Fsp3) is 0.714. The zero-order chi connectivity index (χ0) is 9.14. The van der Waals surface area contributed by atoms with E-state index < -0.39 is 0 Å². The molecule has 5 nitrogen and oxygen atoms in total. The van der Waals surface area contributed by atoms with Crippen molar-refractivity contribution >= 4 is 6.01 Å². The largest absolute Gasteiger partial charge is 0.407 e. The molecule has 1 rings (SSSR count). The van der Waals surface area contributed by atoms with Crippen molar-refractivity contribution in [3.63, 3.8) is 0 Å². The van der Waals surface area contributed by atoms with E-state index >= 15 is 0 Å². The summed E-state index contributed by atoms with van der Waals surface area (Å²) in [6.07, 6.45) is 0.821. The van der Waals surface area contributed by atoms with Crippen molar-refractivity contribution in [1.82, 2.24) is 10.2 Å². The molecule has 1 heterocycles. The quantitative estimate of drug-likeness (QED) is 0.696. The van der Waals surface area contributed by atoms with E-state index in [0.717, 1.165) is 6.42 Å². The Hall–Kier alpha value is -1.10. The SMILES string of the molecule is CC(C)C[C@@H](N)c1nnc(N)o1. The highest BCUT2D eigenvalue weighted by Crippen LogP contribution is 2.17. The van der Waals surface area contributed by atoms with E-state index in [4.69, 9.17) is 15.9 Å². The molecule has 0 aliphatic carbocycles. The van der Waals surface area contributed by atoms with Crippen LogP contribution in [0.15, 0.2) is 4.42 Å². The lowest BCUT2D eigenvalue weighted by Gasteiger charge is -2.08. The summed E-state index contributed by atoms with van der Waals surface area (Å²) >= 11 is 0. The highest BCUT2D eigenvalue weighted by molar-refractivity contribution is 5.06. The number of hydrogen-bond donors (Lipinski definition) is 2. The molecule has 0 saturated heterocycles. The fourth-order valence-corrected chi connectivity index (χ4v) is 1.01. The van der Waals surface area contributed by atoms with Crippen LogP contribution in [0, 0.1) is 5.92 Å². The zero-order valence-electron chi connectivity index (χ0n) is 7.32. The molecule has 5 heteroatoms. The average Bonchev–Trinajstić information content (AvgIpc) is 2.34. The Morgan fingerprint density at radius 2 is 2.08 bits per heavy atom. The highest BCUT2D eigenvalue weighted by Gasteiger charge is 2.14. The molecule has 0 saturated carbocycles. The van der Waals surface area contributed by atoms with E-state index in [1.807, 2.05) is 0 Å². The third-order valence-corrected chi connectivity index (χ3v) is 1.50. The first-order chi connectivity index (χ1) is 5.59. The van der Waals surface area contributed by atoms with Crippen LogP contribution in [0.25, 0.3) is 0 Å². The summed E-state index contributed by atoms with van der Waals surface area (Å²) in [4.78, 5) is 0. The molecule has 0 amide bonds. The van der Waals surface area contributed by atoms with Crippen LogP contribution >= 0.6 is 0 Å². The first kappa shape index (κ1) is 8.99. The first-order valence-corrected chi connectivity index (χ1v) is 3.94. The van der Waals surface area contributed by atoms with Gasteiger partial charge >= 0.3 is 6.01 Å². The lowest BCUT2D eigenvalue weighted by Crippen LogP contribution is -2.13. The number of aromatic nitrogens is 2. The predicted molar refractivity (Wildman–Crippen MR) is 45.1 cm³/mol. The van der Waals surface area contributed by atoms with Gasteiger partial charge in [0, 0.05) is 0 Å². The number of anilines is 1. The molecule has 12 heavy (non-hydrogen) atoms. The Morgan fingerprint density at radius 1 is 1.42 bits per heavy atom. The maximum absolute atomic E-state index is 5.76. The van der Waals surface area contributed by atoms with Crippen molar-refractivity contribution in [3.05, 3.63) is 5.89 Å². The standard InChI is InChI=1S/C7H14N4O/c1-4(2)3-5(8)6-10-11-7(9)12-6/h4-5H,3,8H2,1-2H3,(H2,9,11)/t5-/m1/s1. The number of hydrogen-bond acceptors (Lipinski definition) is 5. The maximum Gasteiger partial charge on any atom is 0.312 e. The van der Waals surface area contributed by atoms with Crippen LogP contribution in [0.2, 0.25) is 0 Å². The second kappa shape index (κ2) is 3.53. The van der Waals surface area contributed by atoms with Crippen molar-refractivity contribution < 1.29 is 4.42 Å². The van der Waals surface area contributed by atoms with Gasteiger partial charge < -0.3 is 15.9 Å². The summed E-state index contributed by atoms with van der Waals surface area (Å²) < 4.78 is 4.98. The van der Waals surface area contributed by atoms with Gasteiger partial charge in [0.05, 0.1) is 6.04 Å². The molecule has 0 aliphatic rings. The second-order valence-corrected chi connectivity index (χ2v) is 3.21. The van der Waals surface area contributed by atoms with Gasteiger partial charge in [-0.15, -0.1) is 5.10 Å². The number of nitrogens with zero attached hydrogens (tertiary/aromatic N) is 2. The van der Waals surface area contributed by atoms with Crippen molar-refractivity contribution in [2.24, 2.45) is 11.7 Å². The summed E-state index contributed by atoms with van der Waals surface area (Å²) in [5, 5.41) is 7.23. The normalized spacial score (nSPS) is 13.7. The molecule has 1 aromatic rings. The number of nitrogens with two attached hydrogens (primary N) is 2. The molecule has 1 atom stereocenters. The highest BCUT2D eigenvalue weighted by atomic mass is 16.4. The minimum absolute atomic E-state index is 0.0733. The molecule has 68 valence electrons. The van der Waals surface area contributed by atoms with E-state index in [9.17, 15) is 0 Å². The third kappa shape index (κ3) is 2.20. The van der Waals surface area contributed by atoms with Gasteiger partial charge in [-0.1, -0.05) is 18.9 Å². The molecular formula is C7H14N4O. The Kier molecular flexibility index (Phi) is 2.65. The van der Waals surface area contributed by atoms with Gasteiger partial charge in [0.1, 0.15) is 0 Å². The molecule has 0 spiro atoms. The van der Waals surface area contributed by atoms with Gasteiger partial charge in [0.15, 0.2) is 0 Å². The van der Waals surface area contributed by atoms with Crippen LogP contribution in [-0.2, 0) is 0 Å². The summed E-state index contributed by atoms with van der Waals surface area (Å²) in [5.41, 5.74) is 11.0. The molecule has 0 unspecified atom stereocenters. The van der Waals surface area contributed by atoms with Gasteiger partial charge in [-0.25, -0.2) is 0 Å². The summed E-state index contributed by atoms with van der Waals surface area (Å²) in [5.74, 6) is 0.925. The van der Waals surface area contributed by atoms with Crippen LogP contribution < -0.4 is 11.5 Å². The average molecular weight is 170 g/mol. The van der Waals surface area contributed by atoms with E-state index in [2.05, 4.69) is 24.0 Å². The minimum Gasteiger partial charge on any atom is -0.407 e. The Bertz CT molecular complexity index is 245. The smallest absolute Gasteiger partial charge is 0.312 e. The van der Waals surface area contributed by atoms with E-state index in [1.54, 1.807) is 0 Å². The molecule has 0 aromatic carbocycles. The van der Waals surface area contributed by atoms with Crippen LogP contribution in [0.4, 0.5) is 6.01 Å².